The number of amides is 1. The topological polar surface area (TPSA) is 46.3 Å². The lowest BCUT2D eigenvalue weighted by molar-refractivity contribution is -0.137. The Hall–Kier alpha value is -0.570. The number of rotatable bonds is 2. The normalized spacial score (nSPS) is 31.1. The van der Waals surface area contributed by atoms with Crippen LogP contribution >= 0.6 is 0 Å². The van der Waals surface area contributed by atoms with E-state index < -0.39 is 0 Å². The Morgan fingerprint density at radius 2 is 1.93 bits per heavy atom. The van der Waals surface area contributed by atoms with Gasteiger partial charge in [-0.25, -0.2) is 0 Å². The molecule has 1 saturated heterocycles. The molecular weight excluding hydrogens is 188 g/mol. The summed E-state index contributed by atoms with van der Waals surface area (Å²) in [6, 6.07) is -0.0489. The Labute approximate surface area is 93.0 Å². The van der Waals surface area contributed by atoms with E-state index in [0.717, 1.165) is 25.4 Å². The summed E-state index contributed by atoms with van der Waals surface area (Å²) >= 11 is 0. The number of carbonyl (C=O) groups is 1. The molecule has 1 heterocycles. The average molecular weight is 212 g/mol. The molecule has 0 aromatic heterocycles. The van der Waals surface area contributed by atoms with Crippen LogP contribution in [-0.4, -0.2) is 29.9 Å². The highest BCUT2D eigenvalue weighted by Crippen LogP contribution is 2.23. The monoisotopic (exact) mass is 212 g/mol. The number of hydrogen-bond acceptors (Lipinski definition) is 2. The zero-order chi connectivity index (χ0) is 11.6. The number of piperidine rings is 1. The third-order valence-electron chi connectivity index (χ3n) is 3.82. The predicted octanol–water partition coefficient (Wildman–Crippen LogP) is 1.47. The third kappa shape index (κ3) is 2.94. The van der Waals surface area contributed by atoms with E-state index >= 15 is 0 Å². The molecule has 15 heavy (non-hydrogen) atoms. The van der Waals surface area contributed by atoms with Crippen LogP contribution in [0.3, 0.4) is 0 Å². The van der Waals surface area contributed by atoms with Crippen molar-refractivity contribution in [2.45, 2.75) is 40.2 Å². The van der Waals surface area contributed by atoms with Crippen molar-refractivity contribution in [2.24, 2.45) is 23.5 Å². The van der Waals surface area contributed by atoms with Crippen LogP contribution in [0.1, 0.15) is 34.1 Å². The fourth-order valence-electron chi connectivity index (χ4n) is 1.98. The molecule has 1 fully saturated rings. The highest BCUT2D eigenvalue weighted by atomic mass is 16.2. The van der Waals surface area contributed by atoms with E-state index in [9.17, 15) is 4.79 Å². The average Bonchev–Trinajstić information content (AvgIpc) is 2.19. The molecule has 3 nitrogen and oxygen atoms in total. The second kappa shape index (κ2) is 4.97. The molecule has 88 valence electrons. The summed E-state index contributed by atoms with van der Waals surface area (Å²) in [5, 5.41) is 0. The minimum atomic E-state index is -0.0504. The van der Waals surface area contributed by atoms with Gasteiger partial charge in [-0.15, -0.1) is 0 Å². The minimum Gasteiger partial charge on any atom is -0.342 e. The number of nitrogens with zero attached hydrogens (tertiary/aromatic N) is 1. The van der Waals surface area contributed by atoms with Gasteiger partial charge in [0.05, 0.1) is 5.92 Å². The Morgan fingerprint density at radius 1 is 1.33 bits per heavy atom. The summed E-state index contributed by atoms with van der Waals surface area (Å²) in [7, 11) is 0. The van der Waals surface area contributed by atoms with Gasteiger partial charge in [0, 0.05) is 19.1 Å². The van der Waals surface area contributed by atoms with Crippen LogP contribution < -0.4 is 5.73 Å². The molecule has 1 rings (SSSR count). The van der Waals surface area contributed by atoms with Crippen LogP contribution in [0.25, 0.3) is 0 Å². The molecule has 0 aromatic carbocycles. The van der Waals surface area contributed by atoms with Crippen molar-refractivity contribution >= 4 is 5.91 Å². The van der Waals surface area contributed by atoms with Gasteiger partial charge < -0.3 is 10.6 Å². The van der Waals surface area contributed by atoms with Crippen molar-refractivity contribution in [1.29, 1.82) is 0 Å². The lowest BCUT2D eigenvalue weighted by atomic mass is 9.88. The maximum atomic E-state index is 12.0. The largest absolute Gasteiger partial charge is 0.342 e. The zero-order valence-electron chi connectivity index (χ0n) is 10.4. The van der Waals surface area contributed by atoms with Gasteiger partial charge in [-0.2, -0.15) is 0 Å². The SMILES string of the molecule is CC(N)C(C)C(=O)N1CCC(C)C(C)C1. The molecule has 1 amide bonds. The first-order valence-corrected chi connectivity index (χ1v) is 5.97. The van der Waals surface area contributed by atoms with E-state index in [-0.39, 0.29) is 17.9 Å². The minimum absolute atomic E-state index is 0.0489. The van der Waals surface area contributed by atoms with E-state index in [1.165, 1.54) is 0 Å². The maximum Gasteiger partial charge on any atom is 0.226 e. The quantitative estimate of drug-likeness (QED) is 0.753. The maximum absolute atomic E-state index is 12.0. The molecule has 0 saturated carbocycles. The highest BCUT2D eigenvalue weighted by molar-refractivity contribution is 5.79. The molecule has 1 aliphatic rings. The summed E-state index contributed by atoms with van der Waals surface area (Å²) in [6.45, 7) is 10.1. The first-order valence-electron chi connectivity index (χ1n) is 5.97. The molecule has 2 N–H and O–H groups in total. The summed E-state index contributed by atoms with van der Waals surface area (Å²) in [4.78, 5) is 14.0. The van der Waals surface area contributed by atoms with Crippen LogP contribution in [0.15, 0.2) is 0 Å². The van der Waals surface area contributed by atoms with Crippen molar-refractivity contribution in [2.75, 3.05) is 13.1 Å². The van der Waals surface area contributed by atoms with Gasteiger partial charge in [0.15, 0.2) is 0 Å². The lowest BCUT2D eigenvalue weighted by Gasteiger charge is -2.37. The van der Waals surface area contributed by atoms with Gasteiger partial charge in [0.2, 0.25) is 5.91 Å². The molecule has 4 atom stereocenters. The fraction of sp³-hybridized carbons (Fsp3) is 0.917. The Bertz CT molecular complexity index is 228. The van der Waals surface area contributed by atoms with Gasteiger partial charge in [-0.05, 0) is 25.2 Å². The molecule has 4 unspecified atom stereocenters. The van der Waals surface area contributed by atoms with Crippen LogP contribution in [0.2, 0.25) is 0 Å². The number of carbonyl (C=O) groups excluding carboxylic acids is 1. The second-order valence-electron chi connectivity index (χ2n) is 5.18. The van der Waals surface area contributed by atoms with Gasteiger partial charge >= 0.3 is 0 Å². The van der Waals surface area contributed by atoms with Gasteiger partial charge in [-0.1, -0.05) is 20.8 Å². The number of hydrogen-bond donors (Lipinski definition) is 1. The van der Waals surface area contributed by atoms with Crippen molar-refractivity contribution in [3.05, 3.63) is 0 Å². The van der Waals surface area contributed by atoms with Crippen LogP contribution in [0.5, 0.6) is 0 Å². The van der Waals surface area contributed by atoms with Crippen LogP contribution in [0, 0.1) is 17.8 Å². The predicted molar refractivity (Wildman–Crippen MR) is 62.3 cm³/mol. The third-order valence-corrected chi connectivity index (χ3v) is 3.82. The molecule has 0 radical (unpaired) electrons. The van der Waals surface area contributed by atoms with Crippen molar-refractivity contribution in [1.82, 2.24) is 4.90 Å². The fourth-order valence-corrected chi connectivity index (χ4v) is 1.98. The molecule has 0 aromatic rings. The van der Waals surface area contributed by atoms with E-state index in [4.69, 9.17) is 5.73 Å². The molecule has 1 aliphatic heterocycles. The van der Waals surface area contributed by atoms with Crippen molar-refractivity contribution in [3.63, 3.8) is 0 Å². The van der Waals surface area contributed by atoms with Crippen LogP contribution in [-0.2, 0) is 4.79 Å². The summed E-state index contributed by atoms with van der Waals surface area (Å²) in [6.07, 6.45) is 1.12. The first-order chi connectivity index (χ1) is 6.93. The first kappa shape index (κ1) is 12.5. The molecule has 0 spiro atoms. The standard InChI is InChI=1S/C12H24N2O/c1-8-5-6-14(7-9(8)2)12(15)10(3)11(4)13/h8-11H,5-7,13H2,1-4H3. The zero-order valence-corrected chi connectivity index (χ0v) is 10.4. The molecule has 0 aliphatic carbocycles. The number of likely N-dealkylation sites (tertiary alicyclic amines) is 1. The Balaban J connectivity index is 2.54. The van der Waals surface area contributed by atoms with E-state index in [1.54, 1.807) is 0 Å². The van der Waals surface area contributed by atoms with Crippen molar-refractivity contribution in [3.8, 4) is 0 Å². The molecular formula is C12H24N2O. The van der Waals surface area contributed by atoms with Gasteiger partial charge in [0.1, 0.15) is 0 Å². The van der Waals surface area contributed by atoms with E-state index in [2.05, 4.69) is 13.8 Å². The van der Waals surface area contributed by atoms with E-state index in [1.807, 2.05) is 18.7 Å². The molecule has 0 bridgehead atoms. The Kier molecular flexibility index (Phi) is 4.14. The smallest absolute Gasteiger partial charge is 0.226 e. The summed E-state index contributed by atoms with van der Waals surface area (Å²) in [5.74, 6) is 1.52. The van der Waals surface area contributed by atoms with Crippen LogP contribution in [0.4, 0.5) is 0 Å². The molecule has 3 heteroatoms. The van der Waals surface area contributed by atoms with Crippen molar-refractivity contribution < 1.29 is 4.79 Å². The Morgan fingerprint density at radius 3 is 2.40 bits per heavy atom. The summed E-state index contributed by atoms with van der Waals surface area (Å²) in [5.41, 5.74) is 5.76. The van der Waals surface area contributed by atoms with E-state index in [0.29, 0.717) is 5.92 Å². The second-order valence-corrected chi connectivity index (χ2v) is 5.18. The van der Waals surface area contributed by atoms with Gasteiger partial charge in [-0.3, -0.25) is 4.79 Å². The lowest BCUT2D eigenvalue weighted by Crippen LogP contribution is -2.47. The highest BCUT2D eigenvalue weighted by Gasteiger charge is 2.29. The van der Waals surface area contributed by atoms with Gasteiger partial charge in [0.25, 0.3) is 0 Å². The summed E-state index contributed by atoms with van der Waals surface area (Å²) < 4.78 is 0. The number of nitrogens with two attached hydrogens (primary N) is 1.